The summed E-state index contributed by atoms with van der Waals surface area (Å²) in [5.41, 5.74) is 1.76. The van der Waals surface area contributed by atoms with Crippen molar-refractivity contribution in [1.82, 2.24) is 4.90 Å². The first kappa shape index (κ1) is 14.9. The monoisotopic (exact) mass is 293 g/mol. The number of thiol groups is 1. The second kappa shape index (κ2) is 6.31. The summed E-state index contributed by atoms with van der Waals surface area (Å²) in [5, 5.41) is 9.36. The van der Waals surface area contributed by atoms with Gasteiger partial charge < -0.3 is 5.11 Å². The Morgan fingerprint density at radius 2 is 2.35 bits per heavy atom. The second-order valence-corrected chi connectivity index (χ2v) is 5.43. The van der Waals surface area contributed by atoms with E-state index in [-0.39, 0.29) is 11.8 Å². The third kappa shape index (κ3) is 2.68. The number of carbonyl (C=O) groups excluding carboxylic acids is 1. The molecule has 0 saturated heterocycles. The molecule has 2 aliphatic rings. The van der Waals surface area contributed by atoms with E-state index in [1.165, 1.54) is 4.90 Å². The fourth-order valence-corrected chi connectivity index (χ4v) is 3.02. The number of hydrogen-bond acceptors (Lipinski definition) is 3. The Hall–Kier alpha value is -1.49. The Kier molecular flexibility index (Phi) is 4.70. The van der Waals surface area contributed by atoms with Crippen molar-refractivity contribution in [3.8, 4) is 0 Å². The quantitative estimate of drug-likeness (QED) is 0.604. The molecule has 1 aliphatic carbocycles. The number of nitrogens with zero attached hydrogens (tertiary/aromatic N) is 1. The topological polar surface area (TPSA) is 57.6 Å². The zero-order chi connectivity index (χ0) is 14.7. The number of carbonyl (C=O) groups is 2. The Balaban J connectivity index is 2.31. The molecule has 0 aromatic carbocycles. The largest absolute Gasteiger partial charge is 0.479 e. The van der Waals surface area contributed by atoms with Crippen LogP contribution in [0, 0.1) is 5.92 Å². The highest BCUT2D eigenvalue weighted by Crippen LogP contribution is 2.36. The van der Waals surface area contributed by atoms with Crippen LogP contribution in [0.2, 0.25) is 0 Å². The van der Waals surface area contributed by atoms with Crippen molar-refractivity contribution in [3.05, 3.63) is 36.1 Å². The van der Waals surface area contributed by atoms with Crippen LogP contribution in [-0.4, -0.2) is 33.7 Å². The van der Waals surface area contributed by atoms with Crippen LogP contribution in [0.5, 0.6) is 0 Å². The van der Waals surface area contributed by atoms with E-state index < -0.39 is 12.0 Å². The van der Waals surface area contributed by atoms with E-state index in [0.29, 0.717) is 12.2 Å². The molecule has 0 fully saturated rings. The van der Waals surface area contributed by atoms with Crippen molar-refractivity contribution in [3.63, 3.8) is 0 Å². The van der Waals surface area contributed by atoms with Gasteiger partial charge in [-0.3, -0.25) is 9.69 Å². The van der Waals surface area contributed by atoms with E-state index in [9.17, 15) is 14.7 Å². The van der Waals surface area contributed by atoms with Gasteiger partial charge in [-0.2, -0.15) is 12.6 Å². The summed E-state index contributed by atoms with van der Waals surface area (Å²) in [5.74, 6) is -1.10. The molecule has 2 rings (SSSR count). The van der Waals surface area contributed by atoms with E-state index in [4.69, 9.17) is 0 Å². The normalized spacial score (nSPS) is 22.6. The minimum atomic E-state index is -0.988. The number of carboxylic acids is 1. The van der Waals surface area contributed by atoms with Gasteiger partial charge in [-0.25, -0.2) is 4.79 Å². The first-order valence-corrected chi connectivity index (χ1v) is 7.42. The van der Waals surface area contributed by atoms with Crippen LogP contribution in [0.1, 0.15) is 25.7 Å². The SMILES string of the molecule is C=CCC(CS)C(=O)N1C2=CCCCC2=CC1C(=O)O. The smallest absolute Gasteiger partial charge is 0.330 e. The highest BCUT2D eigenvalue weighted by Gasteiger charge is 2.40. The molecule has 1 N–H and O–H groups in total. The molecule has 0 aromatic heterocycles. The summed E-state index contributed by atoms with van der Waals surface area (Å²) < 4.78 is 0. The number of hydrogen-bond donors (Lipinski definition) is 2. The van der Waals surface area contributed by atoms with Gasteiger partial charge >= 0.3 is 5.97 Å². The van der Waals surface area contributed by atoms with Gasteiger partial charge in [0.15, 0.2) is 6.04 Å². The molecule has 0 aromatic rings. The van der Waals surface area contributed by atoms with E-state index in [2.05, 4.69) is 19.2 Å². The molecule has 108 valence electrons. The summed E-state index contributed by atoms with van der Waals surface area (Å²) in [6.07, 6.45) is 8.59. The number of aliphatic carboxylic acids is 1. The standard InChI is InChI=1S/C15H19NO3S/c1-2-5-11(9-20)14(17)16-12-7-4-3-6-10(12)8-13(16)15(18)19/h2,7-8,11,13,20H,1,3-6,9H2,(H,18,19). The van der Waals surface area contributed by atoms with Gasteiger partial charge in [0.05, 0.1) is 5.92 Å². The van der Waals surface area contributed by atoms with E-state index in [0.717, 1.165) is 30.5 Å². The third-order valence-corrected chi connectivity index (χ3v) is 4.17. The predicted octanol–water partition coefficient (Wildman–Crippen LogP) is 2.40. The maximum atomic E-state index is 12.6. The van der Waals surface area contributed by atoms with Gasteiger partial charge in [0.25, 0.3) is 0 Å². The summed E-state index contributed by atoms with van der Waals surface area (Å²) in [4.78, 5) is 25.5. The lowest BCUT2D eigenvalue weighted by atomic mass is 9.99. The maximum absolute atomic E-state index is 12.6. The molecule has 4 nitrogen and oxygen atoms in total. The van der Waals surface area contributed by atoms with Gasteiger partial charge in [0, 0.05) is 11.4 Å². The minimum Gasteiger partial charge on any atom is -0.479 e. The van der Waals surface area contributed by atoms with Gasteiger partial charge in [0.2, 0.25) is 5.91 Å². The average molecular weight is 293 g/mol. The van der Waals surface area contributed by atoms with Crippen LogP contribution in [0.4, 0.5) is 0 Å². The summed E-state index contributed by atoms with van der Waals surface area (Å²) in [6.45, 7) is 3.64. The third-order valence-electron chi connectivity index (χ3n) is 3.72. The first-order valence-electron chi connectivity index (χ1n) is 6.79. The summed E-state index contributed by atoms with van der Waals surface area (Å²) >= 11 is 4.20. The van der Waals surface area contributed by atoms with Crippen molar-refractivity contribution in [2.75, 3.05) is 5.75 Å². The molecule has 2 unspecified atom stereocenters. The van der Waals surface area contributed by atoms with Crippen LogP contribution < -0.4 is 0 Å². The van der Waals surface area contributed by atoms with Crippen molar-refractivity contribution in [2.45, 2.75) is 31.7 Å². The second-order valence-electron chi connectivity index (χ2n) is 5.07. The van der Waals surface area contributed by atoms with Crippen molar-refractivity contribution in [2.24, 2.45) is 5.92 Å². The molecule has 20 heavy (non-hydrogen) atoms. The van der Waals surface area contributed by atoms with Gasteiger partial charge in [0.1, 0.15) is 0 Å². The number of rotatable bonds is 5. The zero-order valence-electron chi connectivity index (χ0n) is 11.3. The predicted molar refractivity (Wildman–Crippen MR) is 80.4 cm³/mol. The van der Waals surface area contributed by atoms with Crippen LogP contribution in [-0.2, 0) is 9.59 Å². The molecule has 1 heterocycles. The Labute approximate surface area is 124 Å². The van der Waals surface area contributed by atoms with Crippen molar-refractivity contribution in [1.29, 1.82) is 0 Å². The maximum Gasteiger partial charge on any atom is 0.330 e. The molecule has 5 heteroatoms. The number of fused-ring (bicyclic) bond motifs is 1. The highest BCUT2D eigenvalue weighted by molar-refractivity contribution is 7.80. The average Bonchev–Trinajstić information content (AvgIpc) is 2.83. The van der Waals surface area contributed by atoms with Crippen LogP contribution in [0.15, 0.2) is 36.1 Å². The Bertz CT molecular complexity index is 495. The lowest BCUT2D eigenvalue weighted by Gasteiger charge is -2.29. The molecule has 0 saturated carbocycles. The fourth-order valence-electron chi connectivity index (χ4n) is 2.72. The Morgan fingerprint density at radius 1 is 1.60 bits per heavy atom. The van der Waals surface area contributed by atoms with E-state index in [1.807, 2.05) is 6.08 Å². The molecular formula is C15H19NO3S. The molecular weight excluding hydrogens is 274 g/mol. The molecule has 2 atom stereocenters. The molecule has 1 amide bonds. The lowest BCUT2D eigenvalue weighted by molar-refractivity contribution is -0.147. The van der Waals surface area contributed by atoms with Gasteiger partial charge in [-0.05, 0) is 37.3 Å². The minimum absolute atomic E-state index is 0.174. The molecule has 0 bridgehead atoms. The number of allylic oxidation sites excluding steroid dienone is 3. The van der Waals surface area contributed by atoms with Crippen LogP contribution in [0.3, 0.4) is 0 Å². The van der Waals surface area contributed by atoms with Crippen molar-refractivity contribution >= 4 is 24.5 Å². The van der Waals surface area contributed by atoms with E-state index >= 15 is 0 Å². The van der Waals surface area contributed by atoms with Gasteiger partial charge in [-0.15, -0.1) is 6.58 Å². The molecule has 1 aliphatic heterocycles. The fraction of sp³-hybridized carbons (Fsp3) is 0.467. The summed E-state index contributed by atoms with van der Waals surface area (Å²) in [7, 11) is 0. The highest BCUT2D eigenvalue weighted by atomic mass is 32.1. The van der Waals surface area contributed by atoms with E-state index in [1.54, 1.807) is 12.2 Å². The molecule has 0 radical (unpaired) electrons. The number of carboxylic acid groups (broad SMARTS) is 1. The zero-order valence-corrected chi connectivity index (χ0v) is 12.2. The van der Waals surface area contributed by atoms with Crippen LogP contribution in [0.25, 0.3) is 0 Å². The Morgan fingerprint density at radius 3 is 2.95 bits per heavy atom. The van der Waals surface area contributed by atoms with Crippen molar-refractivity contribution < 1.29 is 14.7 Å². The molecule has 0 spiro atoms. The number of amides is 1. The summed E-state index contributed by atoms with van der Waals surface area (Å²) in [6, 6.07) is -0.881. The van der Waals surface area contributed by atoms with Gasteiger partial charge in [-0.1, -0.05) is 12.2 Å². The lowest BCUT2D eigenvalue weighted by Crippen LogP contribution is -2.43. The first-order chi connectivity index (χ1) is 9.60. The van der Waals surface area contributed by atoms with Crippen LogP contribution >= 0.6 is 12.6 Å².